The maximum Gasteiger partial charge on any atom is 0.124 e. The first-order valence-electron chi connectivity index (χ1n) is 10.8. The Hall–Kier alpha value is -1.67. The van der Waals surface area contributed by atoms with E-state index in [1.54, 1.807) is 12.1 Å². The molecule has 2 heterocycles. The Morgan fingerprint density at radius 3 is 2.48 bits per heavy atom. The molecule has 31 heavy (non-hydrogen) atoms. The molecule has 0 amide bonds. The van der Waals surface area contributed by atoms with E-state index in [2.05, 4.69) is 0 Å². The van der Waals surface area contributed by atoms with Gasteiger partial charge in [-0.3, -0.25) is 0 Å². The molecule has 6 atom stereocenters. The number of benzene rings is 2. The van der Waals surface area contributed by atoms with Crippen LogP contribution in [-0.4, -0.2) is 59.1 Å². The molecule has 4 rings (SSSR count). The predicted molar refractivity (Wildman–Crippen MR) is 116 cm³/mol. The van der Waals surface area contributed by atoms with Crippen LogP contribution in [0.15, 0.2) is 42.5 Å². The molecule has 0 aliphatic carbocycles. The Bertz CT molecular complexity index is 865. The third kappa shape index (κ3) is 5.06. The first kappa shape index (κ1) is 22.5. The van der Waals surface area contributed by atoms with E-state index in [1.165, 1.54) is 0 Å². The lowest BCUT2D eigenvalue weighted by Gasteiger charge is -2.40. The summed E-state index contributed by atoms with van der Waals surface area (Å²) in [5.41, 5.74) is 2.68. The maximum absolute atomic E-state index is 10.5. The summed E-state index contributed by atoms with van der Waals surface area (Å²) in [6, 6.07) is 13.4. The van der Waals surface area contributed by atoms with E-state index in [1.807, 2.05) is 37.3 Å². The molecule has 6 nitrogen and oxygen atoms in total. The normalized spacial score (nSPS) is 31.0. The highest BCUT2D eigenvalue weighted by molar-refractivity contribution is 6.31. The standard InChI is InChI=1S/C24H29ClO6/c1-2-20-21(26)22(27)23(28)24(31-20)15-5-8-19(25)16(12-15)11-14-3-6-17(7-4-14)30-18-9-10-29-13-18/h3-8,12,18,20-24,26-28H,2,9-11,13H2,1H3/t18-,20+,21+,22-,23+,24-/m0/s1. The molecule has 7 heteroatoms. The van der Waals surface area contributed by atoms with Crippen LogP contribution in [0.25, 0.3) is 0 Å². The second-order valence-electron chi connectivity index (χ2n) is 8.25. The van der Waals surface area contributed by atoms with Gasteiger partial charge in [0.25, 0.3) is 0 Å². The zero-order valence-corrected chi connectivity index (χ0v) is 18.2. The monoisotopic (exact) mass is 448 g/mol. The fraction of sp³-hybridized carbons (Fsp3) is 0.500. The van der Waals surface area contributed by atoms with E-state index < -0.39 is 30.5 Å². The van der Waals surface area contributed by atoms with Crippen LogP contribution < -0.4 is 4.74 Å². The third-order valence-corrected chi connectivity index (χ3v) is 6.39. The Labute approximate surface area is 187 Å². The van der Waals surface area contributed by atoms with Gasteiger partial charge in [-0.2, -0.15) is 0 Å². The zero-order valence-electron chi connectivity index (χ0n) is 17.5. The second-order valence-corrected chi connectivity index (χ2v) is 8.66. The van der Waals surface area contributed by atoms with Crippen molar-refractivity contribution in [3.8, 4) is 5.75 Å². The van der Waals surface area contributed by atoms with Crippen LogP contribution in [0.2, 0.25) is 5.02 Å². The van der Waals surface area contributed by atoms with Gasteiger partial charge in [-0.15, -0.1) is 0 Å². The highest BCUT2D eigenvalue weighted by atomic mass is 35.5. The van der Waals surface area contributed by atoms with Gasteiger partial charge in [0.05, 0.1) is 19.3 Å². The van der Waals surface area contributed by atoms with Crippen LogP contribution in [-0.2, 0) is 15.9 Å². The molecule has 2 aromatic carbocycles. The third-order valence-electron chi connectivity index (χ3n) is 6.02. The molecule has 3 N–H and O–H groups in total. The fourth-order valence-electron chi connectivity index (χ4n) is 4.17. The van der Waals surface area contributed by atoms with E-state index in [-0.39, 0.29) is 6.10 Å². The maximum atomic E-state index is 10.5. The summed E-state index contributed by atoms with van der Waals surface area (Å²) in [4.78, 5) is 0. The van der Waals surface area contributed by atoms with Crippen molar-refractivity contribution in [3.05, 3.63) is 64.2 Å². The summed E-state index contributed by atoms with van der Waals surface area (Å²) >= 11 is 6.44. The largest absolute Gasteiger partial charge is 0.488 e. The molecule has 0 spiro atoms. The first-order valence-corrected chi connectivity index (χ1v) is 11.2. The molecular formula is C24H29ClO6. The number of halogens is 1. The van der Waals surface area contributed by atoms with Crippen molar-refractivity contribution in [2.45, 2.75) is 62.8 Å². The van der Waals surface area contributed by atoms with E-state index in [0.29, 0.717) is 24.5 Å². The Morgan fingerprint density at radius 1 is 1.03 bits per heavy atom. The van der Waals surface area contributed by atoms with Crippen molar-refractivity contribution in [2.75, 3.05) is 13.2 Å². The Morgan fingerprint density at radius 2 is 1.81 bits per heavy atom. The number of rotatable bonds is 6. The average Bonchev–Trinajstić information content (AvgIpc) is 3.28. The van der Waals surface area contributed by atoms with Crippen molar-refractivity contribution >= 4 is 11.6 Å². The molecule has 0 radical (unpaired) electrons. The number of hydrogen-bond donors (Lipinski definition) is 3. The minimum Gasteiger partial charge on any atom is -0.488 e. The van der Waals surface area contributed by atoms with Gasteiger partial charge in [0, 0.05) is 11.4 Å². The summed E-state index contributed by atoms with van der Waals surface area (Å²) < 4.78 is 17.2. The van der Waals surface area contributed by atoms with Gasteiger partial charge >= 0.3 is 0 Å². The highest BCUT2D eigenvalue weighted by Gasteiger charge is 2.43. The van der Waals surface area contributed by atoms with Crippen molar-refractivity contribution in [2.24, 2.45) is 0 Å². The van der Waals surface area contributed by atoms with E-state index in [0.717, 1.165) is 35.5 Å². The summed E-state index contributed by atoms with van der Waals surface area (Å²) in [7, 11) is 0. The average molecular weight is 449 g/mol. The van der Waals surface area contributed by atoms with Gasteiger partial charge in [-0.05, 0) is 47.7 Å². The van der Waals surface area contributed by atoms with Gasteiger partial charge in [0.15, 0.2) is 0 Å². The van der Waals surface area contributed by atoms with E-state index in [9.17, 15) is 15.3 Å². The van der Waals surface area contributed by atoms with Crippen LogP contribution in [0.1, 0.15) is 42.6 Å². The van der Waals surface area contributed by atoms with Gasteiger partial charge in [0.2, 0.25) is 0 Å². The van der Waals surface area contributed by atoms with Gasteiger partial charge in [0.1, 0.15) is 36.3 Å². The van der Waals surface area contributed by atoms with Gasteiger partial charge < -0.3 is 29.5 Å². The predicted octanol–water partition coefficient (Wildman–Crippen LogP) is 3.03. The Balaban J connectivity index is 1.49. The molecule has 2 saturated heterocycles. The lowest BCUT2D eigenvalue weighted by molar-refractivity contribution is -0.225. The molecule has 0 saturated carbocycles. The first-order chi connectivity index (χ1) is 15.0. The molecule has 0 bridgehead atoms. The quantitative estimate of drug-likeness (QED) is 0.629. The summed E-state index contributed by atoms with van der Waals surface area (Å²) in [5.74, 6) is 0.816. The Kier molecular flexibility index (Phi) is 7.16. The topological polar surface area (TPSA) is 88.4 Å². The highest BCUT2D eigenvalue weighted by Crippen LogP contribution is 2.35. The van der Waals surface area contributed by atoms with Crippen LogP contribution >= 0.6 is 11.6 Å². The van der Waals surface area contributed by atoms with Crippen LogP contribution in [0.3, 0.4) is 0 Å². The smallest absolute Gasteiger partial charge is 0.124 e. The summed E-state index contributed by atoms with van der Waals surface area (Å²) in [6.07, 6.45) is -2.72. The SMILES string of the molecule is CC[C@H]1O[C@@H](c2ccc(Cl)c(Cc3ccc(O[C@H]4CCOC4)cc3)c2)[C@H](O)[C@@H](O)[C@@H]1O. The van der Waals surface area contributed by atoms with Crippen molar-refractivity contribution < 1.29 is 29.5 Å². The van der Waals surface area contributed by atoms with E-state index >= 15 is 0 Å². The molecule has 0 unspecified atom stereocenters. The summed E-state index contributed by atoms with van der Waals surface area (Å²) in [6.45, 7) is 3.24. The van der Waals surface area contributed by atoms with Gasteiger partial charge in [-0.1, -0.05) is 42.8 Å². The van der Waals surface area contributed by atoms with Crippen LogP contribution in [0, 0.1) is 0 Å². The minimum atomic E-state index is -1.26. The molecule has 2 aliphatic heterocycles. The minimum absolute atomic E-state index is 0.111. The molecule has 2 aliphatic rings. The molecule has 2 fully saturated rings. The number of aliphatic hydroxyl groups is 3. The lowest BCUT2D eigenvalue weighted by atomic mass is 9.89. The molecule has 0 aromatic heterocycles. The summed E-state index contributed by atoms with van der Waals surface area (Å²) in [5, 5.41) is 31.4. The van der Waals surface area contributed by atoms with Crippen molar-refractivity contribution in [3.63, 3.8) is 0 Å². The zero-order chi connectivity index (χ0) is 22.0. The van der Waals surface area contributed by atoms with Crippen LogP contribution in [0.4, 0.5) is 0 Å². The molecular weight excluding hydrogens is 420 g/mol. The molecule has 168 valence electrons. The van der Waals surface area contributed by atoms with Crippen molar-refractivity contribution in [1.29, 1.82) is 0 Å². The van der Waals surface area contributed by atoms with E-state index in [4.69, 9.17) is 25.8 Å². The van der Waals surface area contributed by atoms with Gasteiger partial charge in [-0.25, -0.2) is 0 Å². The fourth-order valence-corrected chi connectivity index (χ4v) is 4.36. The second kappa shape index (κ2) is 9.86. The number of hydrogen-bond acceptors (Lipinski definition) is 6. The van der Waals surface area contributed by atoms with Crippen molar-refractivity contribution in [1.82, 2.24) is 0 Å². The number of aliphatic hydroxyl groups excluding tert-OH is 3. The lowest BCUT2D eigenvalue weighted by Crippen LogP contribution is -2.53. The number of ether oxygens (including phenoxy) is 3. The molecule has 2 aromatic rings. The van der Waals surface area contributed by atoms with Crippen LogP contribution in [0.5, 0.6) is 5.75 Å².